The highest BCUT2D eigenvalue weighted by atomic mass is 32.2. The van der Waals surface area contributed by atoms with Gasteiger partial charge in [-0.1, -0.05) is 0 Å². The van der Waals surface area contributed by atoms with Crippen molar-refractivity contribution in [2.45, 2.75) is 12.8 Å². The van der Waals surface area contributed by atoms with Crippen LogP contribution in [0.3, 0.4) is 0 Å². The summed E-state index contributed by atoms with van der Waals surface area (Å²) in [5.41, 5.74) is 0. The molecule has 0 atom stereocenters. The summed E-state index contributed by atoms with van der Waals surface area (Å²) in [6, 6.07) is 0. The lowest BCUT2D eigenvalue weighted by atomic mass is 9.98. The van der Waals surface area contributed by atoms with Crippen molar-refractivity contribution in [2.24, 2.45) is 5.92 Å². The molecule has 0 N–H and O–H groups in total. The van der Waals surface area contributed by atoms with E-state index in [-0.39, 0.29) is 12.5 Å². The molecule has 0 bridgehead atoms. The SMILES string of the molecule is CS(=O)(=O)OCC1CCN(C=O)CC1. The van der Waals surface area contributed by atoms with Gasteiger partial charge in [0, 0.05) is 13.1 Å². The highest BCUT2D eigenvalue weighted by molar-refractivity contribution is 7.85. The summed E-state index contributed by atoms with van der Waals surface area (Å²) in [4.78, 5) is 12.1. The predicted molar refractivity (Wildman–Crippen MR) is 51.2 cm³/mol. The van der Waals surface area contributed by atoms with Crippen LogP contribution in [0.15, 0.2) is 0 Å². The fourth-order valence-corrected chi connectivity index (χ4v) is 1.88. The van der Waals surface area contributed by atoms with Gasteiger partial charge in [0.1, 0.15) is 0 Å². The second-order valence-corrected chi connectivity index (χ2v) is 5.22. The molecule has 0 spiro atoms. The Morgan fingerprint density at radius 3 is 2.43 bits per heavy atom. The second-order valence-electron chi connectivity index (χ2n) is 3.57. The maximum atomic E-state index is 10.7. The van der Waals surface area contributed by atoms with E-state index in [9.17, 15) is 13.2 Å². The first-order chi connectivity index (χ1) is 6.51. The molecule has 5 nitrogen and oxygen atoms in total. The highest BCUT2D eigenvalue weighted by Crippen LogP contribution is 2.16. The summed E-state index contributed by atoms with van der Waals surface area (Å²) in [5, 5.41) is 0. The molecule has 0 aliphatic carbocycles. The van der Waals surface area contributed by atoms with Gasteiger partial charge in [-0.2, -0.15) is 8.42 Å². The summed E-state index contributed by atoms with van der Waals surface area (Å²) >= 11 is 0. The highest BCUT2D eigenvalue weighted by Gasteiger charge is 2.19. The van der Waals surface area contributed by atoms with Crippen molar-refractivity contribution in [3.05, 3.63) is 0 Å². The van der Waals surface area contributed by atoms with E-state index in [0.717, 1.165) is 25.5 Å². The molecule has 1 aliphatic heterocycles. The normalized spacial score (nSPS) is 19.6. The van der Waals surface area contributed by atoms with E-state index in [0.29, 0.717) is 13.1 Å². The maximum absolute atomic E-state index is 10.7. The molecule has 1 amide bonds. The van der Waals surface area contributed by atoms with Crippen molar-refractivity contribution in [3.63, 3.8) is 0 Å². The van der Waals surface area contributed by atoms with Crippen LogP contribution in [0.4, 0.5) is 0 Å². The van der Waals surface area contributed by atoms with E-state index in [1.807, 2.05) is 0 Å². The first kappa shape index (κ1) is 11.5. The molecule has 0 unspecified atom stereocenters. The van der Waals surface area contributed by atoms with E-state index in [4.69, 9.17) is 4.18 Å². The van der Waals surface area contributed by atoms with Crippen molar-refractivity contribution in [1.82, 2.24) is 4.90 Å². The molecule has 0 aromatic carbocycles. The Morgan fingerprint density at radius 1 is 1.43 bits per heavy atom. The van der Waals surface area contributed by atoms with Crippen molar-refractivity contribution in [1.29, 1.82) is 0 Å². The molecule has 1 saturated heterocycles. The molecule has 1 heterocycles. The summed E-state index contributed by atoms with van der Waals surface area (Å²) < 4.78 is 26.1. The van der Waals surface area contributed by atoms with E-state index >= 15 is 0 Å². The van der Waals surface area contributed by atoms with Gasteiger partial charge in [-0.25, -0.2) is 0 Å². The molecule has 0 saturated carbocycles. The van der Waals surface area contributed by atoms with Crippen LogP contribution in [0.2, 0.25) is 0 Å². The van der Waals surface area contributed by atoms with Crippen LogP contribution >= 0.6 is 0 Å². The standard InChI is InChI=1S/C8H15NO4S/c1-14(11,12)13-6-8-2-4-9(7-10)5-3-8/h7-8H,2-6H2,1H3. The number of likely N-dealkylation sites (tertiary alicyclic amines) is 1. The summed E-state index contributed by atoms with van der Waals surface area (Å²) in [6.45, 7) is 1.63. The Bertz CT molecular complexity index is 280. The minimum atomic E-state index is -3.33. The molecular formula is C8H15NO4S. The summed E-state index contributed by atoms with van der Waals surface area (Å²) in [7, 11) is -3.33. The molecule has 1 aliphatic rings. The van der Waals surface area contributed by atoms with Gasteiger partial charge in [0.2, 0.25) is 6.41 Å². The van der Waals surface area contributed by atoms with Crippen LogP contribution in [0.25, 0.3) is 0 Å². The zero-order valence-corrected chi connectivity index (χ0v) is 9.00. The van der Waals surface area contributed by atoms with Crippen molar-refractivity contribution in [3.8, 4) is 0 Å². The molecule has 6 heteroatoms. The summed E-state index contributed by atoms with van der Waals surface area (Å²) in [5.74, 6) is 0.251. The van der Waals surface area contributed by atoms with Crippen molar-refractivity contribution >= 4 is 16.5 Å². The third-order valence-electron chi connectivity index (χ3n) is 2.32. The number of carbonyl (C=O) groups is 1. The van der Waals surface area contributed by atoms with E-state index in [1.165, 1.54) is 0 Å². The number of carbonyl (C=O) groups excluding carboxylic acids is 1. The summed E-state index contributed by atoms with van der Waals surface area (Å²) in [6.07, 6.45) is 3.50. The number of piperidine rings is 1. The Labute approximate surface area is 84.2 Å². The van der Waals surface area contributed by atoms with Gasteiger partial charge < -0.3 is 4.90 Å². The molecule has 1 rings (SSSR count). The average molecular weight is 221 g/mol. The second kappa shape index (κ2) is 4.75. The molecule has 0 aromatic rings. The van der Waals surface area contributed by atoms with Gasteiger partial charge in [0.15, 0.2) is 0 Å². The Morgan fingerprint density at radius 2 is 2.00 bits per heavy atom. The Hall–Kier alpha value is -0.620. The molecule has 0 radical (unpaired) electrons. The minimum Gasteiger partial charge on any atom is -0.345 e. The van der Waals surface area contributed by atoms with Gasteiger partial charge in [0.05, 0.1) is 12.9 Å². The molecule has 0 aromatic heterocycles. The first-order valence-corrected chi connectivity index (χ1v) is 6.36. The van der Waals surface area contributed by atoms with Crippen LogP contribution < -0.4 is 0 Å². The Balaban J connectivity index is 2.26. The Kier molecular flexibility index (Phi) is 3.88. The lowest BCUT2D eigenvalue weighted by Gasteiger charge is -2.28. The molecule has 82 valence electrons. The lowest BCUT2D eigenvalue weighted by Crippen LogP contribution is -2.34. The molecular weight excluding hydrogens is 206 g/mol. The zero-order chi connectivity index (χ0) is 10.6. The number of amides is 1. The van der Waals surface area contributed by atoms with Gasteiger partial charge in [0.25, 0.3) is 10.1 Å². The number of hydrogen-bond donors (Lipinski definition) is 0. The number of hydrogen-bond acceptors (Lipinski definition) is 4. The van der Waals surface area contributed by atoms with E-state index < -0.39 is 10.1 Å². The molecule has 14 heavy (non-hydrogen) atoms. The topological polar surface area (TPSA) is 63.7 Å². The van der Waals surface area contributed by atoms with E-state index in [2.05, 4.69) is 0 Å². The molecule has 1 fully saturated rings. The maximum Gasteiger partial charge on any atom is 0.264 e. The predicted octanol–water partition coefficient (Wildman–Crippen LogP) is -0.169. The quantitative estimate of drug-likeness (QED) is 0.488. The lowest BCUT2D eigenvalue weighted by molar-refractivity contribution is -0.119. The third kappa shape index (κ3) is 4.06. The smallest absolute Gasteiger partial charge is 0.264 e. The van der Waals surface area contributed by atoms with Crippen LogP contribution in [-0.4, -0.2) is 45.7 Å². The fraction of sp³-hybridized carbons (Fsp3) is 0.875. The average Bonchev–Trinajstić information content (AvgIpc) is 2.14. The van der Waals surface area contributed by atoms with Crippen LogP contribution in [0.5, 0.6) is 0 Å². The van der Waals surface area contributed by atoms with Gasteiger partial charge in [-0.3, -0.25) is 8.98 Å². The van der Waals surface area contributed by atoms with Crippen molar-refractivity contribution in [2.75, 3.05) is 26.0 Å². The first-order valence-electron chi connectivity index (χ1n) is 4.55. The van der Waals surface area contributed by atoms with Gasteiger partial charge in [-0.15, -0.1) is 0 Å². The monoisotopic (exact) mass is 221 g/mol. The minimum absolute atomic E-state index is 0.242. The number of nitrogens with zero attached hydrogens (tertiary/aromatic N) is 1. The van der Waals surface area contributed by atoms with E-state index in [1.54, 1.807) is 4.90 Å². The third-order valence-corrected chi connectivity index (χ3v) is 2.88. The van der Waals surface area contributed by atoms with Crippen molar-refractivity contribution < 1.29 is 17.4 Å². The number of rotatable bonds is 4. The van der Waals surface area contributed by atoms with Crippen LogP contribution in [0.1, 0.15) is 12.8 Å². The largest absolute Gasteiger partial charge is 0.345 e. The van der Waals surface area contributed by atoms with Crippen LogP contribution in [0, 0.1) is 5.92 Å². The fourth-order valence-electron chi connectivity index (χ4n) is 1.44. The zero-order valence-electron chi connectivity index (χ0n) is 8.18. The van der Waals surface area contributed by atoms with Gasteiger partial charge in [-0.05, 0) is 18.8 Å². The van der Waals surface area contributed by atoms with Crippen LogP contribution in [-0.2, 0) is 19.1 Å². The van der Waals surface area contributed by atoms with Gasteiger partial charge >= 0.3 is 0 Å².